The third-order valence-corrected chi connectivity index (χ3v) is 2.25. The Labute approximate surface area is 88.6 Å². The summed E-state index contributed by atoms with van der Waals surface area (Å²) in [6.45, 7) is 0.363. The molecule has 0 bridgehead atoms. The maximum Gasteiger partial charge on any atom is 0.113 e. The van der Waals surface area contributed by atoms with Gasteiger partial charge in [0.1, 0.15) is 12.4 Å². The van der Waals surface area contributed by atoms with Crippen LogP contribution < -0.4 is 0 Å². The lowest BCUT2D eigenvalue weighted by Gasteiger charge is -2.03. The first-order valence-corrected chi connectivity index (χ1v) is 4.81. The molecule has 0 fully saturated rings. The molecule has 0 saturated heterocycles. The Bertz CT molecular complexity index is 465. The summed E-state index contributed by atoms with van der Waals surface area (Å²) >= 11 is 0. The number of hydrogen-bond donors (Lipinski definition) is 0. The molecule has 3 nitrogen and oxygen atoms in total. The van der Waals surface area contributed by atoms with Gasteiger partial charge < -0.3 is 4.57 Å². The summed E-state index contributed by atoms with van der Waals surface area (Å²) in [5.74, 6) is 0.933. The average Bonchev–Trinajstić information content (AvgIpc) is 2.68. The molecule has 0 unspecified atom stereocenters. The number of nitrogens with zero attached hydrogens (tertiary/aromatic N) is 3. The van der Waals surface area contributed by atoms with Gasteiger partial charge in [-0.05, 0) is 5.56 Å². The SMILES string of the molecule is N#CCn1ccnc1Cc1ccccc1. The molecule has 1 heterocycles. The van der Waals surface area contributed by atoms with Crippen LogP contribution in [0.3, 0.4) is 0 Å². The number of hydrogen-bond acceptors (Lipinski definition) is 2. The molecule has 2 aromatic rings. The highest BCUT2D eigenvalue weighted by atomic mass is 15.1. The van der Waals surface area contributed by atoms with E-state index in [0.29, 0.717) is 6.54 Å². The van der Waals surface area contributed by atoms with Gasteiger partial charge >= 0.3 is 0 Å². The van der Waals surface area contributed by atoms with E-state index in [1.807, 2.05) is 29.0 Å². The van der Waals surface area contributed by atoms with Gasteiger partial charge in [0.05, 0.1) is 6.07 Å². The van der Waals surface area contributed by atoms with Gasteiger partial charge in [-0.1, -0.05) is 30.3 Å². The van der Waals surface area contributed by atoms with Gasteiger partial charge in [-0.2, -0.15) is 5.26 Å². The van der Waals surface area contributed by atoms with Crippen molar-refractivity contribution in [3.8, 4) is 6.07 Å². The molecule has 0 aliphatic heterocycles. The summed E-state index contributed by atoms with van der Waals surface area (Å²) in [7, 11) is 0. The second kappa shape index (κ2) is 4.43. The highest BCUT2D eigenvalue weighted by molar-refractivity contribution is 5.19. The quantitative estimate of drug-likeness (QED) is 0.755. The van der Waals surface area contributed by atoms with Gasteiger partial charge in [0.15, 0.2) is 0 Å². The van der Waals surface area contributed by atoms with Crippen molar-refractivity contribution in [2.45, 2.75) is 13.0 Å². The highest BCUT2D eigenvalue weighted by Crippen LogP contribution is 2.07. The molecule has 0 amide bonds. The van der Waals surface area contributed by atoms with Crippen LogP contribution in [0, 0.1) is 11.3 Å². The summed E-state index contributed by atoms with van der Waals surface area (Å²) in [5, 5.41) is 8.63. The van der Waals surface area contributed by atoms with Gasteiger partial charge in [-0.3, -0.25) is 0 Å². The second-order valence-electron chi connectivity index (χ2n) is 3.29. The molecule has 0 radical (unpaired) electrons. The predicted molar refractivity (Wildman–Crippen MR) is 57.1 cm³/mol. The normalized spacial score (nSPS) is 9.80. The van der Waals surface area contributed by atoms with Gasteiger partial charge in [-0.25, -0.2) is 4.98 Å². The number of rotatable bonds is 3. The van der Waals surface area contributed by atoms with Crippen molar-refractivity contribution in [2.24, 2.45) is 0 Å². The fourth-order valence-corrected chi connectivity index (χ4v) is 1.51. The maximum absolute atomic E-state index is 8.63. The standard InChI is InChI=1S/C12H11N3/c13-6-8-15-9-7-14-12(15)10-11-4-2-1-3-5-11/h1-5,7,9H,8,10H2. The minimum Gasteiger partial charge on any atom is -0.321 e. The molecule has 0 saturated carbocycles. The lowest BCUT2D eigenvalue weighted by Crippen LogP contribution is -2.02. The molecule has 2 rings (SSSR count). The summed E-state index contributed by atoms with van der Waals surface area (Å²) in [6.07, 6.45) is 4.34. The van der Waals surface area contributed by atoms with E-state index in [1.54, 1.807) is 6.20 Å². The van der Waals surface area contributed by atoms with Crippen LogP contribution in [0.25, 0.3) is 0 Å². The van der Waals surface area contributed by atoms with Crippen LogP contribution in [0.1, 0.15) is 11.4 Å². The van der Waals surface area contributed by atoms with Gasteiger partial charge in [0.2, 0.25) is 0 Å². The van der Waals surface area contributed by atoms with Crippen LogP contribution in [-0.2, 0) is 13.0 Å². The molecular formula is C12H11N3. The smallest absolute Gasteiger partial charge is 0.113 e. The third kappa shape index (κ3) is 2.23. The van der Waals surface area contributed by atoms with Crippen LogP contribution >= 0.6 is 0 Å². The second-order valence-corrected chi connectivity index (χ2v) is 3.29. The van der Waals surface area contributed by atoms with Crippen LogP contribution in [-0.4, -0.2) is 9.55 Å². The Hall–Kier alpha value is -2.08. The lowest BCUT2D eigenvalue weighted by molar-refractivity contribution is 0.765. The number of aromatic nitrogens is 2. The molecular weight excluding hydrogens is 186 g/mol. The first-order valence-electron chi connectivity index (χ1n) is 4.81. The van der Waals surface area contributed by atoms with Crippen LogP contribution in [0.4, 0.5) is 0 Å². The van der Waals surface area contributed by atoms with Crippen molar-refractivity contribution in [3.05, 3.63) is 54.1 Å². The average molecular weight is 197 g/mol. The van der Waals surface area contributed by atoms with E-state index in [1.165, 1.54) is 5.56 Å². The topological polar surface area (TPSA) is 41.6 Å². The molecule has 74 valence electrons. The molecule has 1 aromatic heterocycles. The minimum atomic E-state index is 0.363. The van der Waals surface area contributed by atoms with Gasteiger partial charge in [0.25, 0.3) is 0 Å². The maximum atomic E-state index is 8.63. The zero-order valence-corrected chi connectivity index (χ0v) is 8.30. The molecule has 0 aliphatic carbocycles. The Morgan fingerprint density at radius 3 is 2.80 bits per heavy atom. The first-order chi connectivity index (χ1) is 7.40. The van der Waals surface area contributed by atoms with E-state index in [9.17, 15) is 0 Å². The van der Waals surface area contributed by atoms with Crippen LogP contribution in [0.2, 0.25) is 0 Å². The van der Waals surface area contributed by atoms with E-state index in [2.05, 4.69) is 23.2 Å². The zero-order chi connectivity index (χ0) is 10.5. The Morgan fingerprint density at radius 1 is 1.27 bits per heavy atom. The third-order valence-electron chi connectivity index (χ3n) is 2.25. The van der Waals surface area contributed by atoms with E-state index in [0.717, 1.165) is 12.2 Å². The van der Waals surface area contributed by atoms with Crippen molar-refractivity contribution in [1.29, 1.82) is 5.26 Å². The molecule has 1 aromatic carbocycles. The van der Waals surface area contributed by atoms with E-state index >= 15 is 0 Å². The lowest BCUT2D eigenvalue weighted by atomic mass is 10.1. The Balaban J connectivity index is 2.18. The largest absolute Gasteiger partial charge is 0.321 e. The molecule has 0 N–H and O–H groups in total. The number of nitriles is 1. The molecule has 0 atom stereocenters. The van der Waals surface area contributed by atoms with Crippen molar-refractivity contribution < 1.29 is 0 Å². The minimum absolute atomic E-state index is 0.363. The van der Waals surface area contributed by atoms with Crippen LogP contribution in [0.5, 0.6) is 0 Å². The fourth-order valence-electron chi connectivity index (χ4n) is 1.51. The van der Waals surface area contributed by atoms with Gasteiger partial charge in [-0.15, -0.1) is 0 Å². The molecule has 3 heteroatoms. The molecule has 0 spiro atoms. The Morgan fingerprint density at radius 2 is 2.07 bits per heavy atom. The Kier molecular flexibility index (Phi) is 2.80. The first kappa shape index (κ1) is 9.47. The summed E-state index contributed by atoms with van der Waals surface area (Å²) in [5.41, 5.74) is 1.21. The highest BCUT2D eigenvalue weighted by Gasteiger charge is 2.02. The van der Waals surface area contributed by atoms with E-state index in [-0.39, 0.29) is 0 Å². The summed E-state index contributed by atoms with van der Waals surface area (Å²) in [4.78, 5) is 4.24. The molecule has 15 heavy (non-hydrogen) atoms. The number of imidazole rings is 1. The molecule has 0 aliphatic rings. The van der Waals surface area contributed by atoms with E-state index < -0.39 is 0 Å². The monoisotopic (exact) mass is 197 g/mol. The zero-order valence-electron chi connectivity index (χ0n) is 8.30. The van der Waals surface area contributed by atoms with Crippen molar-refractivity contribution >= 4 is 0 Å². The summed E-state index contributed by atoms with van der Waals surface area (Å²) < 4.78 is 1.87. The van der Waals surface area contributed by atoms with Crippen molar-refractivity contribution in [2.75, 3.05) is 0 Å². The predicted octanol–water partition coefficient (Wildman–Crippen LogP) is 2.00. The van der Waals surface area contributed by atoms with E-state index in [4.69, 9.17) is 5.26 Å². The number of benzene rings is 1. The van der Waals surface area contributed by atoms with Crippen molar-refractivity contribution in [3.63, 3.8) is 0 Å². The van der Waals surface area contributed by atoms with Crippen molar-refractivity contribution in [1.82, 2.24) is 9.55 Å². The van der Waals surface area contributed by atoms with Gasteiger partial charge in [0, 0.05) is 18.8 Å². The summed E-state index contributed by atoms with van der Waals surface area (Å²) in [6, 6.07) is 12.2. The fraction of sp³-hybridized carbons (Fsp3) is 0.167. The van der Waals surface area contributed by atoms with Crippen LogP contribution in [0.15, 0.2) is 42.7 Å².